The van der Waals surface area contributed by atoms with E-state index in [1.165, 1.54) is 25.6 Å². The lowest BCUT2D eigenvalue weighted by Crippen LogP contribution is -2.12. The monoisotopic (exact) mass is 504 g/mol. The lowest BCUT2D eigenvalue weighted by Gasteiger charge is -2.08. The van der Waals surface area contributed by atoms with Crippen molar-refractivity contribution < 1.29 is 17.5 Å². The Hall–Kier alpha value is -2.71. The number of aryl methyl sites for hydroxylation is 1. The molecule has 0 radical (unpaired) electrons. The maximum Gasteiger partial charge on any atom is 0.269 e. The fourth-order valence-electron chi connectivity index (χ4n) is 3.20. The van der Waals surface area contributed by atoms with Crippen molar-refractivity contribution in [1.29, 1.82) is 0 Å². The summed E-state index contributed by atoms with van der Waals surface area (Å²) in [5, 5.41) is 0.555. The smallest absolute Gasteiger partial charge is 0.269 e. The number of para-hydroxylation sites is 1. The van der Waals surface area contributed by atoms with Crippen LogP contribution in [0.1, 0.15) is 19.4 Å². The molecule has 4 rings (SSSR count). The minimum absolute atomic E-state index is 0.0410. The number of hydrogen-bond donors (Lipinski definition) is 0. The summed E-state index contributed by atoms with van der Waals surface area (Å²) in [5.41, 5.74) is 2.14. The first-order valence-electron chi connectivity index (χ1n) is 9.64. The maximum atomic E-state index is 14.3. The second kappa shape index (κ2) is 9.20. The van der Waals surface area contributed by atoms with Crippen molar-refractivity contribution in [3.8, 4) is 16.9 Å². The van der Waals surface area contributed by atoms with Gasteiger partial charge in [-0.1, -0.05) is 43.7 Å². The van der Waals surface area contributed by atoms with Gasteiger partial charge in [-0.2, -0.15) is 0 Å². The van der Waals surface area contributed by atoms with Gasteiger partial charge in [-0.15, -0.1) is 0 Å². The third-order valence-electron chi connectivity index (χ3n) is 4.62. The standard InChI is InChI=1S/C21H16BrFN2O3S.C2H6/c1-13-6-8-15(9-7-13)29(26,27)25-12-18(17-10-14(22)11-24-21(17)25)16-4-3-5-19(23)20(16)28-2;1-2/h3-12H,1-2H3;1-2H3. The van der Waals surface area contributed by atoms with Gasteiger partial charge in [0.25, 0.3) is 10.0 Å². The predicted molar refractivity (Wildman–Crippen MR) is 124 cm³/mol. The number of fused-ring (bicyclic) bond motifs is 1. The molecule has 0 N–H and O–H groups in total. The normalized spacial score (nSPS) is 11.2. The fourth-order valence-corrected chi connectivity index (χ4v) is 4.86. The number of pyridine rings is 1. The van der Waals surface area contributed by atoms with Crippen molar-refractivity contribution in [2.75, 3.05) is 7.11 Å². The Morgan fingerprint density at radius 3 is 2.39 bits per heavy atom. The van der Waals surface area contributed by atoms with Gasteiger partial charge in [0.2, 0.25) is 0 Å². The summed E-state index contributed by atoms with van der Waals surface area (Å²) >= 11 is 3.38. The highest BCUT2D eigenvalue weighted by molar-refractivity contribution is 9.10. The minimum Gasteiger partial charge on any atom is -0.493 e. The van der Waals surface area contributed by atoms with Gasteiger partial charge in [0.05, 0.1) is 12.0 Å². The van der Waals surface area contributed by atoms with Crippen LogP contribution in [0.5, 0.6) is 5.75 Å². The number of nitrogens with zero attached hydrogens (tertiary/aromatic N) is 2. The molecular weight excluding hydrogens is 483 g/mol. The summed E-state index contributed by atoms with van der Waals surface area (Å²) in [6.45, 7) is 5.88. The fraction of sp³-hybridized carbons (Fsp3) is 0.174. The van der Waals surface area contributed by atoms with Crippen LogP contribution in [0.3, 0.4) is 0 Å². The quantitative estimate of drug-likeness (QED) is 0.332. The van der Waals surface area contributed by atoms with Gasteiger partial charge in [0, 0.05) is 33.4 Å². The van der Waals surface area contributed by atoms with Crippen LogP contribution in [0.25, 0.3) is 22.2 Å². The molecule has 0 aliphatic carbocycles. The van der Waals surface area contributed by atoms with Crippen LogP contribution in [0.2, 0.25) is 0 Å². The van der Waals surface area contributed by atoms with Crippen molar-refractivity contribution >= 4 is 37.0 Å². The van der Waals surface area contributed by atoms with Crippen molar-refractivity contribution in [3.05, 3.63) is 76.8 Å². The van der Waals surface area contributed by atoms with Crippen LogP contribution in [0.15, 0.2) is 70.3 Å². The van der Waals surface area contributed by atoms with Crippen LogP contribution in [0, 0.1) is 12.7 Å². The van der Waals surface area contributed by atoms with Gasteiger partial charge in [0.1, 0.15) is 0 Å². The van der Waals surface area contributed by atoms with E-state index in [9.17, 15) is 12.8 Å². The summed E-state index contributed by atoms with van der Waals surface area (Å²) in [6.07, 6.45) is 2.98. The lowest BCUT2D eigenvalue weighted by molar-refractivity contribution is 0.388. The maximum absolute atomic E-state index is 14.3. The Balaban J connectivity index is 0.00000132. The van der Waals surface area contributed by atoms with E-state index in [4.69, 9.17) is 4.74 Å². The Labute approximate surface area is 189 Å². The topological polar surface area (TPSA) is 61.2 Å². The van der Waals surface area contributed by atoms with E-state index >= 15 is 0 Å². The molecule has 2 aromatic heterocycles. The van der Waals surface area contributed by atoms with Crippen LogP contribution in [-0.4, -0.2) is 24.5 Å². The molecule has 0 saturated carbocycles. The Morgan fingerprint density at radius 1 is 1.06 bits per heavy atom. The SMILES string of the molecule is CC.COc1c(F)cccc1-c1cn(S(=O)(=O)c2ccc(C)cc2)c2ncc(Br)cc12. The molecule has 0 amide bonds. The molecule has 31 heavy (non-hydrogen) atoms. The molecule has 0 aliphatic rings. The third kappa shape index (κ3) is 4.22. The highest BCUT2D eigenvalue weighted by Gasteiger charge is 2.24. The van der Waals surface area contributed by atoms with E-state index in [1.807, 2.05) is 20.8 Å². The average Bonchev–Trinajstić information content (AvgIpc) is 3.14. The molecule has 2 heterocycles. The average molecular weight is 505 g/mol. The molecular formula is C23H22BrFN2O3S. The number of benzene rings is 2. The number of ether oxygens (including phenoxy) is 1. The van der Waals surface area contributed by atoms with Gasteiger partial charge in [-0.25, -0.2) is 21.8 Å². The number of hydrogen-bond acceptors (Lipinski definition) is 4. The molecule has 0 atom stereocenters. The lowest BCUT2D eigenvalue weighted by atomic mass is 10.0. The molecule has 0 aliphatic heterocycles. The summed E-state index contributed by atoms with van der Waals surface area (Å²) in [5.74, 6) is -0.491. The number of rotatable bonds is 4. The van der Waals surface area contributed by atoms with Crippen LogP contribution in [-0.2, 0) is 10.0 Å². The summed E-state index contributed by atoms with van der Waals surface area (Å²) in [4.78, 5) is 4.46. The van der Waals surface area contributed by atoms with Crippen LogP contribution in [0.4, 0.5) is 4.39 Å². The minimum atomic E-state index is -3.91. The first-order chi connectivity index (χ1) is 14.8. The molecule has 162 valence electrons. The van der Waals surface area contributed by atoms with Crippen molar-refractivity contribution in [2.45, 2.75) is 25.7 Å². The molecule has 2 aromatic carbocycles. The largest absolute Gasteiger partial charge is 0.493 e. The van der Waals surface area contributed by atoms with E-state index in [0.29, 0.717) is 21.0 Å². The summed E-state index contributed by atoms with van der Waals surface area (Å²) < 4.78 is 47.9. The Kier molecular flexibility index (Phi) is 6.81. The van der Waals surface area contributed by atoms with Gasteiger partial charge < -0.3 is 4.74 Å². The number of methoxy groups -OCH3 is 1. The molecule has 0 spiro atoms. The first kappa shape index (κ1) is 23.0. The van der Waals surface area contributed by atoms with Gasteiger partial charge >= 0.3 is 0 Å². The molecule has 0 unspecified atom stereocenters. The highest BCUT2D eigenvalue weighted by atomic mass is 79.9. The van der Waals surface area contributed by atoms with E-state index in [0.717, 1.165) is 9.54 Å². The zero-order chi connectivity index (χ0) is 22.8. The highest BCUT2D eigenvalue weighted by Crippen LogP contribution is 2.39. The third-order valence-corrected chi connectivity index (χ3v) is 6.72. The number of halogens is 2. The van der Waals surface area contributed by atoms with E-state index in [2.05, 4.69) is 20.9 Å². The zero-order valence-corrected chi connectivity index (χ0v) is 20.0. The van der Waals surface area contributed by atoms with Crippen molar-refractivity contribution in [1.82, 2.24) is 8.96 Å². The Morgan fingerprint density at radius 2 is 1.74 bits per heavy atom. The van der Waals surface area contributed by atoms with E-state index < -0.39 is 15.8 Å². The summed E-state index contributed by atoms with van der Waals surface area (Å²) in [7, 11) is -2.53. The van der Waals surface area contributed by atoms with Crippen molar-refractivity contribution in [3.63, 3.8) is 0 Å². The second-order valence-corrected chi connectivity index (χ2v) is 9.23. The van der Waals surface area contributed by atoms with Gasteiger partial charge in [0.15, 0.2) is 17.2 Å². The van der Waals surface area contributed by atoms with E-state index in [-0.39, 0.29) is 16.3 Å². The molecule has 5 nitrogen and oxygen atoms in total. The summed E-state index contributed by atoms with van der Waals surface area (Å²) in [6, 6.07) is 12.9. The molecule has 0 saturated heterocycles. The molecule has 4 aromatic rings. The van der Waals surface area contributed by atoms with Gasteiger partial charge in [-0.3, -0.25) is 0 Å². The van der Waals surface area contributed by atoms with E-state index in [1.54, 1.807) is 42.5 Å². The van der Waals surface area contributed by atoms with Crippen LogP contribution >= 0.6 is 15.9 Å². The van der Waals surface area contributed by atoms with Gasteiger partial charge in [-0.05, 0) is 47.1 Å². The first-order valence-corrected chi connectivity index (χ1v) is 11.9. The molecule has 8 heteroatoms. The molecule has 0 bridgehead atoms. The second-order valence-electron chi connectivity index (χ2n) is 6.50. The van der Waals surface area contributed by atoms with Crippen LogP contribution < -0.4 is 4.74 Å². The molecule has 0 fully saturated rings. The predicted octanol–water partition coefficient (Wildman–Crippen LogP) is 6.19. The number of aromatic nitrogens is 2. The zero-order valence-electron chi connectivity index (χ0n) is 17.6. The van der Waals surface area contributed by atoms with Crippen molar-refractivity contribution in [2.24, 2.45) is 0 Å². The Bertz CT molecular complexity index is 1330.